The van der Waals surface area contributed by atoms with Gasteiger partial charge in [-0.25, -0.2) is 4.79 Å². The highest BCUT2D eigenvalue weighted by molar-refractivity contribution is 5.75. The monoisotopic (exact) mass is 198 g/mol. The predicted molar refractivity (Wildman–Crippen MR) is 53.0 cm³/mol. The standard InChI is InChI=1S/C10H18N2O2/c1-2-11-10(14)12-7-3-4-8(12)6-9(13)5-7/h7-9,13H,2-6H2,1H3,(H,11,14). The molecule has 0 spiro atoms. The highest BCUT2D eigenvalue weighted by Gasteiger charge is 2.42. The maximum absolute atomic E-state index is 11.7. The van der Waals surface area contributed by atoms with Crippen LogP contribution in [0, 0.1) is 0 Å². The summed E-state index contributed by atoms with van der Waals surface area (Å²) < 4.78 is 0. The minimum absolute atomic E-state index is 0.0481. The summed E-state index contributed by atoms with van der Waals surface area (Å²) >= 11 is 0. The minimum Gasteiger partial charge on any atom is -0.393 e. The van der Waals surface area contributed by atoms with E-state index in [2.05, 4.69) is 5.32 Å². The van der Waals surface area contributed by atoms with Gasteiger partial charge in [0, 0.05) is 18.6 Å². The second-order valence-corrected chi connectivity index (χ2v) is 4.25. The highest BCUT2D eigenvalue weighted by atomic mass is 16.3. The number of carbonyl (C=O) groups excluding carboxylic acids is 1. The largest absolute Gasteiger partial charge is 0.393 e. The number of rotatable bonds is 1. The first-order chi connectivity index (χ1) is 6.72. The minimum atomic E-state index is -0.196. The van der Waals surface area contributed by atoms with Crippen molar-refractivity contribution in [1.82, 2.24) is 10.2 Å². The molecule has 4 heteroatoms. The van der Waals surface area contributed by atoms with E-state index in [1.54, 1.807) is 0 Å². The van der Waals surface area contributed by atoms with Crippen LogP contribution in [-0.2, 0) is 0 Å². The zero-order valence-electron chi connectivity index (χ0n) is 8.57. The molecule has 2 fully saturated rings. The van der Waals surface area contributed by atoms with E-state index in [0.29, 0.717) is 6.54 Å². The molecule has 2 aliphatic heterocycles. The van der Waals surface area contributed by atoms with E-state index in [0.717, 1.165) is 25.7 Å². The molecule has 0 aromatic carbocycles. The molecule has 0 radical (unpaired) electrons. The second-order valence-electron chi connectivity index (χ2n) is 4.25. The van der Waals surface area contributed by atoms with Crippen LogP contribution in [0.15, 0.2) is 0 Å². The van der Waals surface area contributed by atoms with E-state index < -0.39 is 0 Å². The van der Waals surface area contributed by atoms with E-state index in [1.807, 2.05) is 11.8 Å². The van der Waals surface area contributed by atoms with Crippen molar-refractivity contribution in [3.63, 3.8) is 0 Å². The molecular formula is C10H18N2O2. The molecule has 0 saturated carbocycles. The molecule has 2 bridgehead atoms. The van der Waals surface area contributed by atoms with Crippen molar-refractivity contribution in [2.24, 2.45) is 0 Å². The molecule has 2 atom stereocenters. The highest BCUT2D eigenvalue weighted by Crippen LogP contribution is 2.35. The molecule has 4 nitrogen and oxygen atoms in total. The van der Waals surface area contributed by atoms with Crippen LogP contribution in [0.3, 0.4) is 0 Å². The Balaban J connectivity index is 2.03. The normalized spacial score (nSPS) is 35.9. The van der Waals surface area contributed by atoms with Crippen LogP contribution in [0.4, 0.5) is 4.79 Å². The van der Waals surface area contributed by atoms with Gasteiger partial charge in [0.05, 0.1) is 6.10 Å². The number of urea groups is 1. The second kappa shape index (κ2) is 3.77. The van der Waals surface area contributed by atoms with Crippen molar-refractivity contribution in [2.75, 3.05) is 6.54 Å². The van der Waals surface area contributed by atoms with Gasteiger partial charge in [-0.1, -0.05) is 0 Å². The summed E-state index contributed by atoms with van der Waals surface area (Å²) in [6.07, 6.45) is 3.43. The van der Waals surface area contributed by atoms with Crippen molar-refractivity contribution >= 4 is 6.03 Å². The smallest absolute Gasteiger partial charge is 0.317 e. The van der Waals surface area contributed by atoms with Crippen molar-refractivity contribution in [2.45, 2.75) is 50.8 Å². The Morgan fingerprint density at radius 1 is 1.43 bits per heavy atom. The van der Waals surface area contributed by atoms with Crippen LogP contribution in [0.5, 0.6) is 0 Å². The van der Waals surface area contributed by atoms with Gasteiger partial charge < -0.3 is 15.3 Å². The van der Waals surface area contributed by atoms with Gasteiger partial charge in [0.25, 0.3) is 0 Å². The molecule has 2 amide bonds. The third-order valence-electron chi connectivity index (χ3n) is 3.27. The van der Waals surface area contributed by atoms with Gasteiger partial charge in [-0.3, -0.25) is 0 Å². The number of hydrogen-bond donors (Lipinski definition) is 2. The lowest BCUT2D eigenvalue weighted by molar-refractivity contribution is 0.0544. The fourth-order valence-corrected chi connectivity index (χ4v) is 2.72. The predicted octanol–water partition coefficient (Wildman–Crippen LogP) is 0.704. The molecule has 14 heavy (non-hydrogen) atoms. The number of fused-ring (bicyclic) bond motifs is 2. The van der Waals surface area contributed by atoms with E-state index in [-0.39, 0.29) is 24.2 Å². The molecule has 2 N–H and O–H groups in total. The van der Waals surface area contributed by atoms with Crippen LogP contribution in [-0.4, -0.2) is 40.8 Å². The van der Waals surface area contributed by atoms with Crippen LogP contribution in [0.2, 0.25) is 0 Å². The zero-order valence-corrected chi connectivity index (χ0v) is 8.57. The van der Waals surface area contributed by atoms with Crippen LogP contribution >= 0.6 is 0 Å². The summed E-state index contributed by atoms with van der Waals surface area (Å²) in [5.74, 6) is 0. The van der Waals surface area contributed by atoms with Gasteiger partial charge >= 0.3 is 6.03 Å². The summed E-state index contributed by atoms with van der Waals surface area (Å²) in [6.45, 7) is 2.61. The van der Waals surface area contributed by atoms with Crippen molar-refractivity contribution in [1.29, 1.82) is 0 Å². The Morgan fingerprint density at radius 2 is 2.00 bits per heavy atom. The SMILES string of the molecule is CCNC(=O)N1C2CCC1CC(O)C2. The number of aliphatic hydroxyl groups excluding tert-OH is 1. The molecule has 0 aliphatic carbocycles. The number of aliphatic hydroxyl groups is 1. The molecule has 0 aromatic rings. The lowest BCUT2D eigenvalue weighted by Gasteiger charge is -2.36. The third kappa shape index (κ3) is 1.59. The lowest BCUT2D eigenvalue weighted by atomic mass is 10.0. The zero-order chi connectivity index (χ0) is 10.1. The third-order valence-corrected chi connectivity index (χ3v) is 3.27. The van der Waals surface area contributed by atoms with Crippen molar-refractivity contribution in [3.05, 3.63) is 0 Å². The summed E-state index contributed by atoms with van der Waals surface area (Å²) in [4.78, 5) is 13.6. The first kappa shape index (κ1) is 9.77. The summed E-state index contributed by atoms with van der Waals surface area (Å²) in [7, 11) is 0. The number of carbonyl (C=O) groups is 1. The van der Waals surface area contributed by atoms with Gasteiger partial charge in [0.2, 0.25) is 0 Å². The Kier molecular flexibility index (Phi) is 2.63. The Labute approximate surface area is 84.3 Å². The maximum Gasteiger partial charge on any atom is 0.317 e. The van der Waals surface area contributed by atoms with Crippen LogP contribution < -0.4 is 5.32 Å². The average molecular weight is 198 g/mol. The molecule has 80 valence electrons. The topological polar surface area (TPSA) is 52.6 Å². The number of nitrogens with one attached hydrogen (secondary N) is 1. The fraction of sp³-hybridized carbons (Fsp3) is 0.900. The Hall–Kier alpha value is -0.770. The van der Waals surface area contributed by atoms with E-state index >= 15 is 0 Å². The Bertz CT molecular complexity index is 218. The molecule has 2 saturated heterocycles. The molecule has 2 unspecified atom stereocenters. The van der Waals surface area contributed by atoms with Crippen LogP contribution in [0.25, 0.3) is 0 Å². The number of hydrogen-bond acceptors (Lipinski definition) is 2. The number of piperidine rings is 1. The van der Waals surface area contributed by atoms with E-state index in [1.165, 1.54) is 0 Å². The van der Waals surface area contributed by atoms with Gasteiger partial charge in [0.15, 0.2) is 0 Å². The van der Waals surface area contributed by atoms with Crippen molar-refractivity contribution in [3.8, 4) is 0 Å². The number of nitrogens with zero attached hydrogens (tertiary/aromatic N) is 1. The Morgan fingerprint density at radius 3 is 2.50 bits per heavy atom. The summed E-state index contributed by atoms with van der Waals surface area (Å²) in [5, 5.41) is 12.4. The quantitative estimate of drug-likeness (QED) is 0.651. The molecule has 2 heterocycles. The lowest BCUT2D eigenvalue weighted by Crippen LogP contribution is -2.51. The van der Waals surface area contributed by atoms with E-state index in [4.69, 9.17) is 0 Å². The van der Waals surface area contributed by atoms with Crippen LogP contribution in [0.1, 0.15) is 32.6 Å². The molecule has 2 rings (SSSR count). The average Bonchev–Trinajstić information content (AvgIpc) is 2.39. The summed E-state index contributed by atoms with van der Waals surface area (Å²) in [6, 6.07) is 0.595. The summed E-state index contributed by atoms with van der Waals surface area (Å²) in [5.41, 5.74) is 0. The van der Waals surface area contributed by atoms with Gasteiger partial charge in [-0.2, -0.15) is 0 Å². The molecule has 2 aliphatic rings. The van der Waals surface area contributed by atoms with Gasteiger partial charge in [0.1, 0.15) is 0 Å². The first-order valence-corrected chi connectivity index (χ1v) is 5.46. The van der Waals surface area contributed by atoms with E-state index in [9.17, 15) is 9.90 Å². The van der Waals surface area contributed by atoms with Gasteiger partial charge in [-0.15, -0.1) is 0 Å². The maximum atomic E-state index is 11.7. The number of amides is 2. The molecule has 0 aromatic heterocycles. The fourth-order valence-electron chi connectivity index (χ4n) is 2.72. The van der Waals surface area contributed by atoms with Gasteiger partial charge in [-0.05, 0) is 32.6 Å². The van der Waals surface area contributed by atoms with Crippen molar-refractivity contribution < 1.29 is 9.90 Å². The molecular weight excluding hydrogens is 180 g/mol. The first-order valence-electron chi connectivity index (χ1n) is 5.46.